The molecule has 1 nitrogen and oxygen atoms in total. The number of piperidine rings is 2. The molecule has 0 aromatic rings. The SMILES string of the molecule is [CH]1CCCC(N2C3CCCC2CCC3)C1. The van der Waals surface area contributed by atoms with Crippen LogP contribution >= 0.6 is 0 Å². The van der Waals surface area contributed by atoms with Gasteiger partial charge in [0.05, 0.1) is 0 Å². The Bertz CT molecular complexity index is 185. The van der Waals surface area contributed by atoms with E-state index in [2.05, 4.69) is 11.3 Å². The van der Waals surface area contributed by atoms with Gasteiger partial charge in [-0.15, -0.1) is 0 Å². The monoisotopic (exact) mass is 206 g/mol. The van der Waals surface area contributed by atoms with Crippen LogP contribution < -0.4 is 0 Å². The van der Waals surface area contributed by atoms with Gasteiger partial charge in [0.1, 0.15) is 0 Å². The molecule has 2 bridgehead atoms. The summed E-state index contributed by atoms with van der Waals surface area (Å²) in [6.45, 7) is 0. The third kappa shape index (κ3) is 1.95. The van der Waals surface area contributed by atoms with Crippen molar-refractivity contribution in [2.24, 2.45) is 0 Å². The standard InChI is InChI=1S/C14H24N/c1-2-6-12(7-3-1)15-13-8-4-9-14(15)11-5-10-13/h2,12-14H,1,3-11H2. The van der Waals surface area contributed by atoms with Crippen molar-refractivity contribution in [1.82, 2.24) is 4.90 Å². The summed E-state index contributed by atoms with van der Waals surface area (Å²) in [6, 6.07) is 2.86. The van der Waals surface area contributed by atoms with E-state index in [0.29, 0.717) is 0 Å². The van der Waals surface area contributed by atoms with Gasteiger partial charge in [0.25, 0.3) is 0 Å². The summed E-state index contributed by atoms with van der Waals surface area (Å²) < 4.78 is 0. The number of hydrogen-bond acceptors (Lipinski definition) is 1. The Morgan fingerprint density at radius 1 is 0.733 bits per heavy atom. The number of rotatable bonds is 1. The zero-order chi connectivity index (χ0) is 10.1. The van der Waals surface area contributed by atoms with Crippen LogP contribution in [-0.4, -0.2) is 23.0 Å². The third-order valence-electron chi connectivity index (χ3n) is 4.80. The molecule has 0 aromatic heterocycles. The van der Waals surface area contributed by atoms with Crippen molar-refractivity contribution in [3.05, 3.63) is 6.42 Å². The van der Waals surface area contributed by atoms with Crippen LogP contribution in [0.2, 0.25) is 0 Å². The highest BCUT2D eigenvalue weighted by molar-refractivity contribution is 4.95. The largest absolute Gasteiger partial charge is 0.294 e. The first kappa shape index (κ1) is 10.1. The summed E-state index contributed by atoms with van der Waals surface area (Å²) >= 11 is 0. The molecule has 0 aromatic carbocycles. The topological polar surface area (TPSA) is 3.24 Å². The molecule has 3 aliphatic rings. The minimum Gasteiger partial charge on any atom is -0.294 e. The van der Waals surface area contributed by atoms with Crippen molar-refractivity contribution in [2.75, 3.05) is 0 Å². The smallest absolute Gasteiger partial charge is 0.0104 e. The van der Waals surface area contributed by atoms with Crippen LogP contribution in [0.3, 0.4) is 0 Å². The minimum atomic E-state index is 0.925. The zero-order valence-electron chi connectivity index (χ0n) is 9.83. The molecule has 3 rings (SSSR count). The van der Waals surface area contributed by atoms with Crippen LogP contribution in [0.4, 0.5) is 0 Å². The molecule has 1 atom stereocenters. The van der Waals surface area contributed by atoms with Crippen LogP contribution in [0, 0.1) is 6.42 Å². The van der Waals surface area contributed by atoms with E-state index in [-0.39, 0.29) is 0 Å². The summed E-state index contributed by atoms with van der Waals surface area (Å²) in [6.07, 6.45) is 17.2. The maximum atomic E-state index is 2.95. The van der Waals surface area contributed by atoms with Gasteiger partial charge in [-0.1, -0.05) is 25.7 Å². The second-order valence-corrected chi connectivity index (χ2v) is 5.73. The summed E-state index contributed by atoms with van der Waals surface area (Å²) in [5.41, 5.74) is 0. The molecule has 1 aliphatic carbocycles. The first-order chi connectivity index (χ1) is 7.45. The van der Waals surface area contributed by atoms with Gasteiger partial charge in [-0.3, -0.25) is 4.90 Å². The molecule has 1 heteroatoms. The molecule has 3 fully saturated rings. The molecule has 2 aliphatic heterocycles. The Balaban J connectivity index is 1.71. The Morgan fingerprint density at radius 2 is 1.33 bits per heavy atom. The van der Waals surface area contributed by atoms with E-state index in [1.165, 1.54) is 64.2 Å². The van der Waals surface area contributed by atoms with Crippen LogP contribution in [0.15, 0.2) is 0 Å². The lowest BCUT2D eigenvalue weighted by atomic mass is 9.80. The lowest BCUT2D eigenvalue weighted by Crippen LogP contribution is -2.54. The van der Waals surface area contributed by atoms with Gasteiger partial charge in [-0.2, -0.15) is 0 Å². The van der Waals surface area contributed by atoms with Gasteiger partial charge in [0.2, 0.25) is 0 Å². The van der Waals surface area contributed by atoms with Gasteiger partial charge in [0.15, 0.2) is 0 Å². The summed E-state index contributed by atoms with van der Waals surface area (Å²) in [5.74, 6) is 0. The molecule has 1 unspecified atom stereocenters. The summed E-state index contributed by atoms with van der Waals surface area (Å²) in [5, 5.41) is 0. The quantitative estimate of drug-likeness (QED) is 0.634. The number of fused-ring (bicyclic) bond motifs is 2. The number of nitrogens with zero attached hydrogens (tertiary/aromatic N) is 1. The fourth-order valence-corrected chi connectivity index (χ4v) is 4.15. The van der Waals surface area contributed by atoms with E-state index in [1.54, 1.807) is 0 Å². The molecule has 0 N–H and O–H groups in total. The molecule has 85 valence electrons. The van der Waals surface area contributed by atoms with Crippen LogP contribution in [0.25, 0.3) is 0 Å². The average Bonchev–Trinajstić information content (AvgIpc) is 2.29. The fraction of sp³-hybridized carbons (Fsp3) is 0.929. The molecular formula is C14H24N. The molecule has 0 spiro atoms. The van der Waals surface area contributed by atoms with E-state index in [0.717, 1.165) is 18.1 Å². The van der Waals surface area contributed by atoms with E-state index in [4.69, 9.17) is 0 Å². The summed E-state index contributed by atoms with van der Waals surface area (Å²) in [4.78, 5) is 2.95. The Morgan fingerprint density at radius 3 is 1.87 bits per heavy atom. The second kappa shape index (κ2) is 4.45. The summed E-state index contributed by atoms with van der Waals surface area (Å²) in [7, 11) is 0. The fourth-order valence-electron chi connectivity index (χ4n) is 4.15. The molecule has 15 heavy (non-hydrogen) atoms. The lowest BCUT2D eigenvalue weighted by Gasteiger charge is -2.51. The predicted octanol–water partition coefficient (Wildman–Crippen LogP) is 3.54. The highest BCUT2D eigenvalue weighted by Crippen LogP contribution is 2.38. The van der Waals surface area contributed by atoms with Crippen molar-refractivity contribution >= 4 is 0 Å². The second-order valence-electron chi connectivity index (χ2n) is 5.73. The average molecular weight is 206 g/mol. The van der Waals surface area contributed by atoms with E-state index < -0.39 is 0 Å². The molecule has 0 amide bonds. The third-order valence-corrected chi connectivity index (χ3v) is 4.80. The number of hydrogen-bond donors (Lipinski definition) is 0. The van der Waals surface area contributed by atoms with Crippen molar-refractivity contribution in [3.8, 4) is 0 Å². The molecule has 1 saturated carbocycles. The normalized spacial score (nSPS) is 39.2. The van der Waals surface area contributed by atoms with E-state index in [9.17, 15) is 0 Å². The van der Waals surface area contributed by atoms with Crippen LogP contribution in [0.1, 0.15) is 64.2 Å². The van der Waals surface area contributed by atoms with Crippen molar-refractivity contribution in [1.29, 1.82) is 0 Å². The maximum Gasteiger partial charge on any atom is 0.0104 e. The van der Waals surface area contributed by atoms with E-state index in [1.807, 2.05) is 0 Å². The van der Waals surface area contributed by atoms with Gasteiger partial charge in [0, 0.05) is 18.1 Å². The van der Waals surface area contributed by atoms with Crippen LogP contribution in [0.5, 0.6) is 0 Å². The predicted molar refractivity (Wildman–Crippen MR) is 63.7 cm³/mol. The van der Waals surface area contributed by atoms with Gasteiger partial charge in [-0.05, 0) is 44.9 Å². The molecular weight excluding hydrogens is 182 g/mol. The Labute approximate surface area is 94.2 Å². The van der Waals surface area contributed by atoms with Crippen molar-refractivity contribution in [2.45, 2.75) is 82.3 Å². The van der Waals surface area contributed by atoms with E-state index >= 15 is 0 Å². The van der Waals surface area contributed by atoms with Gasteiger partial charge < -0.3 is 0 Å². The Hall–Kier alpha value is -0.0400. The first-order valence-electron chi connectivity index (χ1n) is 7.04. The minimum absolute atomic E-state index is 0.925. The van der Waals surface area contributed by atoms with Crippen molar-refractivity contribution < 1.29 is 0 Å². The highest BCUT2D eigenvalue weighted by Gasteiger charge is 2.37. The Kier molecular flexibility index (Phi) is 3.01. The molecule has 2 heterocycles. The zero-order valence-corrected chi connectivity index (χ0v) is 9.83. The molecule has 2 saturated heterocycles. The van der Waals surface area contributed by atoms with Gasteiger partial charge >= 0.3 is 0 Å². The lowest BCUT2D eigenvalue weighted by molar-refractivity contribution is -0.00556. The van der Waals surface area contributed by atoms with Crippen LogP contribution in [-0.2, 0) is 0 Å². The first-order valence-corrected chi connectivity index (χ1v) is 7.04. The van der Waals surface area contributed by atoms with Gasteiger partial charge in [-0.25, -0.2) is 0 Å². The molecule has 1 radical (unpaired) electrons. The highest BCUT2D eigenvalue weighted by atomic mass is 15.2. The van der Waals surface area contributed by atoms with Crippen molar-refractivity contribution in [3.63, 3.8) is 0 Å². The maximum absolute atomic E-state index is 2.95.